The number of rotatable bonds is 8. The third-order valence-corrected chi connectivity index (χ3v) is 6.12. The molecule has 3 aromatic rings. The maximum absolute atomic E-state index is 13.2. The van der Waals surface area contributed by atoms with E-state index in [0.29, 0.717) is 24.1 Å². The molecule has 3 aromatic carbocycles. The Bertz CT molecular complexity index is 1080. The number of unbranched alkanes of at least 4 members (excludes halogenated alkanes) is 2. The van der Waals surface area contributed by atoms with Crippen molar-refractivity contribution in [2.45, 2.75) is 46.1 Å². The minimum Gasteiger partial charge on any atom is -0.507 e. The summed E-state index contributed by atoms with van der Waals surface area (Å²) in [4.78, 5) is 13.2. The SMILES string of the molecule is CCCCCc1cc(O)c(-c2cccc(C)c2)c(O)c1C(=O)NCc1ccccc1Br. The number of benzene rings is 3. The molecule has 0 saturated heterocycles. The van der Waals surface area contributed by atoms with E-state index in [9.17, 15) is 15.0 Å². The molecule has 0 unspecified atom stereocenters. The Morgan fingerprint density at radius 3 is 2.48 bits per heavy atom. The molecule has 4 nitrogen and oxygen atoms in total. The Morgan fingerprint density at radius 2 is 1.77 bits per heavy atom. The van der Waals surface area contributed by atoms with Crippen LogP contribution in [-0.2, 0) is 13.0 Å². The number of halogens is 1. The molecule has 0 aliphatic rings. The van der Waals surface area contributed by atoms with Crippen LogP contribution in [0.1, 0.15) is 53.2 Å². The average molecular weight is 482 g/mol. The van der Waals surface area contributed by atoms with Crippen LogP contribution < -0.4 is 5.32 Å². The summed E-state index contributed by atoms with van der Waals surface area (Å²) in [7, 11) is 0. The third kappa shape index (κ3) is 5.47. The zero-order valence-corrected chi connectivity index (χ0v) is 19.5. The summed E-state index contributed by atoms with van der Waals surface area (Å²) < 4.78 is 0.911. The molecule has 0 atom stereocenters. The summed E-state index contributed by atoms with van der Waals surface area (Å²) >= 11 is 3.50. The number of hydrogen-bond acceptors (Lipinski definition) is 3. The second-order valence-electron chi connectivity index (χ2n) is 7.75. The molecule has 0 heterocycles. The van der Waals surface area contributed by atoms with Gasteiger partial charge < -0.3 is 15.5 Å². The molecule has 3 rings (SSSR count). The fourth-order valence-corrected chi connectivity index (χ4v) is 4.14. The predicted molar refractivity (Wildman–Crippen MR) is 128 cm³/mol. The van der Waals surface area contributed by atoms with Crippen LogP contribution >= 0.6 is 15.9 Å². The van der Waals surface area contributed by atoms with Gasteiger partial charge in [-0.15, -0.1) is 0 Å². The largest absolute Gasteiger partial charge is 0.507 e. The predicted octanol–water partition coefficient (Wildman–Crippen LogP) is 6.50. The Balaban J connectivity index is 2.01. The van der Waals surface area contributed by atoms with Gasteiger partial charge >= 0.3 is 0 Å². The minimum absolute atomic E-state index is 0.0167. The van der Waals surface area contributed by atoms with E-state index in [1.165, 1.54) is 0 Å². The molecule has 0 aliphatic heterocycles. The molecule has 1 amide bonds. The smallest absolute Gasteiger partial charge is 0.255 e. The highest BCUT2D eigenvalue weighted by Gasteiger charge is 2.23. The first-order valence-electron chi connectivity index (χ1n) is 10.6. The second kappa shape index (κ2) is 10.5. The maximum Gasteiger partial charge on any atom is 0.255 e. The maximum atomic E-state index is 13.2. The summed E-state index contributed by atoms with van der Waals surface area (Å²) in [5.41, 5.74) is 3.80. The highest BCUT2D eigenvalue weighted by Crippen LogP contribution is 2.42. The van der Waals surface area contributed by atoms with Crippen molar-refractivity contribution in [1.29, 1.82) is 0 Å². The van der Waals surface area contributed by atoms with Crippen molar-refractivity contribution in [2.24, 2.45) is 0 Å². The number of amides is 1. The first kappa shape index (κ1) is 22.9. The molecule has 0 bridgehead atoms. The van der Waals surface area contributed by atoms with Gasteiger partial charge in [0.15, 0.2) is 0 Å². The van der Waals surface area contributed by atoms with Crippen molar-refractivity contribution in [1.82, 2.24) is 5.32 Å². The number of nitrogens with one attached hydrogen (secondary N) is 1. The summed E-state index contributed by atoms with van der Waals surface area (Å²) in [6.07, 6.45) is 3.55. The van der Waals surface area contributed by atoms with Gasteiger partial charge in [0, 0.05) is 11.0 Å². The van der Waals surface area contributed by atoms with E-state index in [1.54, 1.807) is 6.07 Å². The highest BCUT2D eigenvalue weighted by molar-refractivity contribution is 9.10. The van der Waals surface area contributed by atoms with Gasteiger partial charge in [0.2, 0.25) is 0 Å². The fraction of sp³-hybridized carbons (Fsp3) is 0.269. The van der Waals surface area contributed by atoms with Crippen LogP contribution in [0.25, 0.3) is 11.1 Å². The summed E-state index contributed by atoms with van der Waals surface area (Å²) in [5, 5.41) is 24.8. The van der Waals surface area contributed by atoms with Gasteiger partial charge in [-0.3, -0.25) is 4.79 Å². The first-order valence-corrected chi connectivity index (χ1v) is 11.4. The standard InChI is InChI=1S/C26H28BrNO3/c1-3-4-5-10-19-15-22(29)23(18-12-8-9-17(2)14-18)25(30)24(19)26(31)28-16-20-11-6-7-13-21(20)27/h6-9,11-15,29-30H,3-5,10,16H2,1-2H3,(H,28,31). The summed E-state index contributed by atoms with van der Waals surface area (Å²) in [5.74, 6) is -0.549. The van der Waals surface area contributed by atoms with Crippen LogP contribution in [0.15, 0.2) is 59.1 Å². The van der Waals surface area contributed by atoms with Gasteiger partial charge in [0.25, 0.3) is 5.91 Å². The van der Waals surface area contributed by atoms with Crippen LogP contribution in [-0.4, -0.2) is 16.1 Å². The molecule has 5 heteroatoms. The molecule has 0 radical (unpaired) electrons. The lowest BCUT2D eigenvalue weighted by Crippen LogP contribution is -2.24. The van der Waals surface area contributed by atoms with Gasteiger partial charge in [-0.2, -0.15) is 0 Å². The Morgan fingerprint density at radius 1 is 1.00 bits per heavy atom. The van der Waals surface area contributed by atoms with Crippen LogP contribution in [0, 0.1) is 6.92 Å². The lowest BCUT2D eigenvalue weighted by Gasteiger charge is -2.17. The van der Waals surface area contributed by atoms with Crippen molar-refractivity contribution in [3.8, 4) is 22.6 Å². The molecule has 0 spiro atoms. The van der Waals surface area contributed by atoms with Crippen LogP contribution in [0.4, 0.5) is 0 Å². The van der Waals surface area contributed by atoms with E-state index in [0.717, 1.165) is 34.9 Å². The second-order valence-corrected chi connectivity index (χ2v) is 8.61. The molecule has 162 valence electrons. The van der Waals surface area contributed by atoms with Crippen molar-refractivity contribution < 1.29 is 15.0 Å². The van der Waals surface area contributed by atoms with Crippen molar-refractivity contribution in [3.63, 3.8) is 0 Å². The summed E-state index contributed by atoms with van der Waals surface area (Å²) in [6.45, 7) is 4.39. The average Bonchev–Trinajstić information content (AvgIpc) is 2.73. The number of aromatic hydroxyl groups is 2. The minimum atomic E-state index is -0.353. The lowest BCUT2D eigenvalue weighted by atomic mass is 9.92. The van der Waals surface area contributed by atoms with Crippen molar-refractivity contribution in [2.75, 3.05) is 0 Å². The van der Waals surface area contributed by atoms with Gasteiger partial charge in [-0.05, 0) is 48.6 Å². The fourth-order valence-electron chi connectivity index (χ4n) is 3.71. The zero-order valence-electron chi connectivity index (χ0n) is 17.9. The van der Waals surface area contributed by atoms with Crippen LogP contribution in [0.5, 0.6) is 11.5 Å². The van der Waals surface area contributed by atoms with E-state index in [1.807, 2.05) is 55.5 Å². The van der Waals surface area contributed by atoms with Crippen molar-refractivity contribution >= 4 is 21.8 Å². The van der Waals surface area contributed by atoms with E-state index in [2.05, 4.69) is 28.2 Å². The van der Waals surface area contributed by atoms with E-state index >= 15 is 0 Å². The molecule has 0 aliphatic carbocycles. The molecule has 0 fully saturated rings. The Hall–Kier alpha value is -2.79. The van der Waals surface area contributed by atoms with Crippen molar-refractivity contribution in [3.05, 3.63) is 81.3 Å². The molecule has 0 saturated carbocycles. The van der Waals surface area contributed by atoms with Gasteiger partial charge in [0.1, 0.15) is 11.5 Å². The Kier molecular flexibility index (Phi) is 7.75. The molecule has 31 heavy (non-hydrogen) atoms. The zero-order chi connectivity index (χ0) is 22.4. The van der Waals surface area contributed by atoms with Gasteiger partial charge in [-0.1, -0.05) is 83.7 Å². The molecule has 3 N–H and O–H groups in total. The quantitative estimate of drug-likeness (QED) is 0.321. The molecule has 0 aromatic heterocycles. The highest BCUT2D eigenvalue weighted by atomic mass is 79.9. The number of carbonyl (C=O) groups is 1. The third-order valence-electron chi connectivity index (χ3n) is 5.34. The number of phenolic OH excluding ortho intramolecular Hbond substituents is 2. The van der Waals surface area contributed by atoms with Gasteiger partial charge in [0.05, 0.1) is 11.1 Å². The number of carbonyl (C=O) groups excluding carboxylic acids is 1. The number of aryl methyl sites for hydroxylation is 2. The summed E-state index contributed by atoms with van der Waals surface area (Å²) in [6, 6.07) is 16.8. The van der Waals surface area contributed by atoms with Gasteiger partial charge in [-0.25, -0.2) is 0 Å². The molecular weight excluding hydrogens is 454 g/mol. The van der Waals surface area contributed by atoms with E-state index in [4.69, 9.17) is 0 Å². The monoisotopic (exact) mass is 481 g/mol. The number of hydrogen-bond donors (Lipinski definition) is 3. The van der Waals surface area contributed by atoms with Crippen LogP contribution in [0.2, 0.25) is 0 Å². The first-order chi connectivity index (χ1) is 14.9. The van der Waals surface area contributed by atoms with E-state index < -0.39 is 0 Å². The Labute approximate surface area is 192 Å². The lowest BCUT2D eigenvalue weighted by molar-refractivity contribution is 0.0947. The van der Waals surface area contributed by atoms with E-state index in [-0.39, 0.29) is 28.5 Å². The normalized spacial score (nSPS) is 10.8. The number of phenols is 2. The van der Waals surface area contributed by atoms with Crippen LogP contribution in [0.3, 0.4) is 0 Å². The molecular formula is C26H28BrNO3. The topological polar surface area (TPSA) is 69.6 Å².